The standard InChI is InChI=1S/C14H27NO2/c1-2-3-4-5-6-7-8-9-12-17-14-11-10-13(16)15-14/h14H,2-12H2,1H3,(H,15,16). The number of nitrogens with one attached hydrogen (secondary N) is 1. The van der Waals surface area contributed by atoms with E-state index in [0.717, 1.165) is 19.4 Å². The van der Waals surface area contributed by atoms with Crippen LogP contribution in [0.3, 0.4) is 0 Å². The number of hydrogen-bond donors (Lipinski definition) is 1. The summed E-state index contributed by atoms with van der Waals surface area (Å²) in [5.74, 6) is 0.130. The summed E-state index contributed by atoms with van der Waals surface area (Å²) < 4.78 is 5.59. The molecule has 0 saturated carbocycles. The lowest BCUT2D eigenvalue weighted by atomic mass is 10.1. The van der Waals surface area contributed by atoms with E-state index in [4.69, 9.17) is 4.74 Å². The SMILES string of the molecule is CCCCCCCCCCOC1CCC(=O)N1. The van der Waals surface area contributed by atoms with E-state index in [1.54, 1.807) is 0 Å². The van der Waals surface area contributed by atoms with Gasteiger partial charge in [-0.05, 0) is 6.42 Å². The fourth-order valence-corrected chi connectivity index (χ4v) is 2.17. The van der Waals surface area contributed by atoms with Crippen molar-refractivity contribution in [3.63, 3.8) is 0 Å². The van der Waals surface area contributed by atoms with E-state index in [1.807, 2.05) is 0 Å². The van der Waals surface area contributed by atoms with Crippen LogP contribution in [0.5, 0.6) is 0 Å². The van der Waals surface area contributed by atoms with Gasteiger partial charge in [-0.3, -0.25) is 4.79 Å². The summed E-state index contributed by atoms with van der Waals surface area (Å²) >= 11 is 0. The number of hydrogen-bond acceptors (Lipinski definition) is 2. The van der Waals surface area contributed by atoms with E-state index < -0.39 is 0 Å². The van der Waals surface area contributed by atoms with E-state index in [-0.39, 0.29) is 12.1 Å². The van der Waals surface area contributed by atoms with Crippen molar-refractivity contribution in [3.05, 3.63) is 0 Å². The van der Waals surface area contributed by atoms with Gasteiger partial charge in [-0.2, -0.15) is 0 Å². The first-order valence-corrected chi connectivity index (χ1v) is 7.24. The molecule has 1 unspecified atom stereocenters. The normalized spacial score (nSPS) is 19.6. The maximum atomic E-state index is 10.9. The fourth-order valence-electron chi connectivity index (χ4n) is 2.17. The molecule has 1 fully saturated rings. The predicted octanol–water partition coefficient (Wildman–Crippen LogP) is 3.38. The van der Waals surface area contributed by atoms with E-state index in [2.05, 4.69) is 12.2 Å². The molecule has 0 aromatic carbocycles. The van der Waals surface area contributed by atoms with Crippen LogP contribution in [0.1, 0.15) is 71.1 Å². The lowest BCUT2D eigenvalue weighted by molar-refractivity contribution is -0.120. The van der Waals surface area contributed by atoms with Gasteiger partial charge in [0.05, 0.1) is 0 Å². The first kappa shape index (κ1) is 14.5. The predicted molar refractivity (Wildman–Crippen MR) is 69.7 cm³/mol. The number of carbonyl (C=O) groups excluding carboxylic acids is 1. The van der Waals surface area contributed by atoms with Crippen molar-refractivity contribution in [1.29, 1.82) is 0 Å². The van der Waals surface area contributed by atoms with Gasteiger partial charge in [0.2, 0.25) is 5.91 Å². The molecule has 0 aromatic heterocycles. The van der Waals surface area contributed by atoms with Crippen molar-refractivity contribution in [1.82, 2.24) is 5.32 Å². The summed E-state index contributed by atoms with van der Waals surface area (Å²) in [6, 6.07) is 0. The largest absolute Gasteiger partial charge is 0.359 e. The second-order valence-corrected chi connectivity index (χ2v) is 4.94. The van der Waals surface area contributed by atoms with Gasteiger partial charge in [-0.15, -0.1) is 0 Å². The summed E-state index contributed by atoms with van der Waals surface area (Å²) in [4.78, 5) is 10.9. The molecular weight excluding hydrogens is 214 g/mol. The van der Waals surface area contributed by atoms with Gasteiger partial charge in [-0.1, -0.05) is 51.9 Å². The fraction of sp³-hybridized carbons (Fsp3) is 0.929. The Hall–Kier alpha value is -0.570. The van der Waals surface area contributed by atoms with Crippen LogP contribution in [0.4, 0.5) is 0 Å². The van der Waals surface area contributed by atoms with Crippen LogP contribution >= 0.6 is 0 Å². The van der Waals surface area contributed by atoms with Crippen LogP contribution in [-0.2, 0) is 9.53 Å². The van der Waals surface area contributed by atoms with Crippen molar-refractivity contribution >= 4 is 5.91 Å². The van der Waals surface area contributed by atoms with Crippen molar-refractivity contribution in [2.24, 2.45) is 0 Å². The number of carbonyl (C=O) groups is 1. The Bertz CT molecular complexity index is 206. The van der Waals surface area contributed by atoms with Crippen LogP contribution in [-0.4, -0.2) is 18.7 Å². The van der Waals surface area contributed by atoms with Crippen LogP contribution < -0.4 is 5.32 Å². The second-order valence-electron chi connectivity index (χ2n) is 4.94. The van der Waals surface area contributed by atoms with E-state index in [9.17, 15) is 4.79 Å². The summed E-state index contributed by atoms with van der Waals surface area (Å²) in [5, 5.41) is 2.82. The second kappa shape index (κ2) is 9.46. The molecule has 1 atom stereocenters. The van der Waals surface area contributed by atoms with Gasteiger partial charge in [0.15, 0.2) is 0 Å². The zero-order valence-electron chi connectivity index (χ0n) is 11.2. The van der Waals surface area contributed by atoms with E-state index in [1.165, 1.54) is 44.9 Å². The van der Waals surface area contributed by atoms with Crippen molar-refractivity contribution in [2.45, 2.75) is 77.4 Å². The molecule has 17 heavy (non-hydrogen) atoms. The molecule has 1 saturated heterocycles. The molecule has 0 radical (unpaired) electrons. The highest BCUT2D eigenvalue weighted by atomic mass is 16.5. The summed E-state index contributed by atoms with van der Waals surface area (Å²) in [6.45, 7) is 3.04. The Labute approximate surface area is 105 Å². The molecule has 0 aromatic rings. The van der Waals surface area contributed by atoms with Crippen LogP contribution in [0.15, 0.2) is 0 Å². The van der Waals surface area contributed by atoms with Gasteiger partial charge in [0.25, 0.3) is 0 Å². The highest BCUT2D eigenvalue weighted by Crippen LogP contribution is 2.11. The van der Waals surface area contributed by atoms with E-state index >= 15 is 0 Å². The molecule has 1 heterocycles. The molecule has 0 bridgehead atoms. The third kappa shape index (κ3) is 7.37. The van der Waals surface area contributed by atoms with Gasteiger partial charge in [-0.25, -0.2) is 0 Å². The highest BCUT2D eigenvalue weighted by Gasteiger charge is 2.20. The average Bonchev–Trinajstić information content (AvgIpc) is 2.73. The Balaban J connectivity index is 1.77. The van der Waals surface area contributed by atoms with Crippen molar-refractivity contribution < 1.29 is 9.53 Å². The van der Waals surface area contributed by atoms with Crippen molar-refractivity contribution in [3.8, 4) is 0 Å². The molecule has 0 spiro atoms. The molecule has 3 nitrogen and oxygen atoms in total. The van der Waals surface area contributed by atoms with Crippen molar-refractivity contribution in [2.75, 3.05) is 6.61 Å². The number of amides is 1. The maximum absolute atomic E-state index is 10.9. The molecule has 1 N–H and O–H groups in total. The van der Waals surface area contributed by atoms with Gasteiger partial charge < -0.3 is 10.1 Å². The Morgan fingerprint density at radius 1 is 1.12 bits per heavy atom. The minimum Gasteiger partial charge on any atom is -0.359 e. The molecular formula is C14H27NO2. The minimum atomic E-state index is -0.00736. The minimum absolute atomic E-state index is 0.00736. The first-order valence-electron chi connectivity index (χ1n) is 7.24. The number of ether oxygens (including phenoxy) is 1. The van der Waals surface area contributed by atoms with Gasteiger partial charge >= 0.3 is 0 Å². The van der Waals surface area contributed by atoms with Crippen LogP contribution in [0, 0.1) is 0 Å². The first-order chi connectivity index (χ1) is 8.33. The molecule has 100 valence electrons. The molecule has 3 heteroatoms. The summed E-state index contributed by atoms with van der Waals surface area (Å²) in [6.07, 6.45) is 12.0. The van der Waals surface area contributed by atoms with Gasteiger partial charge in [0.1, 0.15) is 6.23 Å². The van der Waals surface area contributed by atoms with Crippen LogP contribution in [0.25, 0.3) is 0 Å². The van der Waals surface area contributed by atoms with Gasteiger partial charge in [0, 0.05) is 19.4 Å². The van der Waals surface area contributed by atoms with E-state index in [0.29, 0.717) is 6.42 Å². The highest BCUT2D eigenvalue weighted by molar-refractivity contribution is 5.78. The Kier molecular flexibility index (Phi) is 8.06. The molecule has 1 aliphatic heterocycles. The topological polar surface area (TPSA) is 38.3 Å². The Morgan fingerprint density at radius 3 is 2.35 bits per heavy atom. The Morgan fingerprint density at radius 2 is 1.76 bits per heavy atom. The number of rotatable bonds is 10. The maximum Gasteiger partial charge on any atom is 0.222 e. The summed E-state index contributed by atoms with van der Waals surface area (Å²) in [5.41, 5.74) is 0. The molecule has 1 amide bonds. The quantitative estimate of drug-likeness (QED) is 0.595. The lowest BCUT2D eigenvalue weighted by Crippen LogP contribution is -2.28. The molecule has 1 rings (SSSR count). The average molecular weight is 241 g/mol. The number of unbranched alkanes of at least 4 members (excludes halogenated alkanes) is 7. The van der Waals surface area contributed by atoms with Crippen LogP contribution in [0.2, 0.25) is 0 Å². The smallest absolute Gasteiger partial charge is 0.222 e. The third-order valence-corrected chi connectivity index (χ3v) is 3.27. The monoisotopic (exact) mass is 241 g/mol. The zero-order chi connectivity index (χ0) is 12.3. The molecule has 1 aliphatic rings. The third-order valence-electron chi connectivity index (χ3n) is 3.27. The molecule has 0 aliphatic carbocycles. The summed E-state index contributed by atoms with van der Waals surface area (Å²) in [7, 11) is 0. The zero-order valence-corrected chi connectivity index (χ0v) is 11.2. The lowest BCUT2D eigenvalue weighted by Gasteiger charge is -2.11.